The van der Waals surface area contributed by atoms with Crippen LogP contribution in [0.3, 0.4) is 0 Å². The fourth-order valence-corrected chi connectivity index (χ4v) is 1.80. The number of nitrogens with zero attached hydrogens (tertiary/aromatic N) is 1. The molecule has 1 aliphatic rings. The van der Waals surface area contributed by atoms with Gasteiger partial charge < -0.3 is 0 Å². The van der Waals surface area contributed by atoms with Crippen LogP contribution in [0.4, 0.5) is 0 Å². The quantitative estimate of drug-likeness (QED) is 0.587. The van der Waals surface area contributed by atoms with E-state index in [0.717, 1.165) is 18.4 Å². The van der Waals surface area contributed by atoms with Gasteiger partial charge in [0, 0.05) is 18.0 Å². The zero-order chi connectivity index (χ0) is 8.55. The van der Waals surface area contributed by atoms with E-state index in [1.54, 1.807) is 13.1 Å². The fourth-order valence-electron chi connectivity index (χ4n) is 1.80. The van der Waals surface area contributed by atoms with Gasteiger partial charge in [-0.2, -0.15) is 0 Å². The van der Waals surface area contributed by atoms with Crippen molar-refractivity contribution in [3.8, 4) is 0 Å². The Morgan fingerprint density at radius 1 is 1.42 bits per heavy atom. The molecule has 1 heterocycles. The summed E-state index contributed by atoms with van der Waals surface area (Å²) in [5, 5.41) is 0. The Hall–Kier alpha value is -1.18. The first-order valence-electron chi connectivity index (χ1n) is 4.25. The Morgan fingerprint density at radius 3 is 3.00 bits per heavy atom. The van der Waals surface area contributed by atoms with E-state index in [9.17, 15) is 4.79 Å². The van der Waals surface area contributed by atoms with E-state index >= 15 is 0 Å². The van der Waals surface area contributed by atoms with Crippen molar-refractivity contribution in [2.75, 3.05) is 0 Å². The number of Topliss-reactive ketones (excluding diaryl/α,β-unsaturated/α-hetero) is 1. The Bertz CT molecular complexity index is 331. The van der Waals surface area contributed by atoms with Crippen molar-refractivity contribution in [3.63, 3.8) is 0 Å². The van der Waals surface area contributed by atoms with E-state index in [2.05, 4.69) is 4.98 Å². The van der Waals surface area contributed by atoms with Crippen LogP contribution >= 0.6 is 0 Å². The van der Waals surface area contributed by atoms with Gasteiger partial charge in [-0.15, -0.1) is 0 Å². The maximum atomic E-state index is 11.2. The van der Waals surface area contributed by atoms with Gasteiger partial charge in [0.25, 0.3) is 0 Å². The van der Waals surface area contributed by atoms with E-state index in [1.807, 2.05) is 6.20 Å². The number of carbonyl (C=O) groups excluding carboxylic acids is 1. The summed E-state index contributed by atoms with van der Waals surface area (Å²) in [5.41, 5.74) is 3.32. The van der Waals surface area contributed by atoms with Crippen molar-refractivity contribution in [2.45, 2.75) is 26.2 Å². The molecule has 0 aliphatic heterocycles. The van der Waals surface area contributed by atoms with Gasteiger partial charge in [-0.3, -0.25) is 9.78 Å². The molecule has 0 aromatic carbocycles. The topological polar surface area (TPSA) is 30.0 Å². The van der Waals surface area contributed by atoms with Crippen molar-refractivity contribution in [2.24, 2.45) is 0 Å². The summed E-state index contributed by atoms with van der Waals surface area (Å²) in [6, 6.07) is 0. The SMILES string of the molecule is CC(=O)c1cncc2c1CCC2. The number of pyridine rings is 1. The molecular formula is C10H11NO. The van der Waals surface area contributed by atoms with Gasteiger partial charge in [0.15, 0.2) is 5.78 Å². The number of fused-ring (bicyclic) bond motifs is 1. The van der Waals surface area contributed by atoms with Crippen molar-refractivity contribution >= 4 is 5.78 Å². The highest BCUT2D eigenvalue weighted by Gasteiger charge is 2.16. The van der Waals surface area contributed by atoms with E-state index in [4.69, 9.17) is 0 Å². The summed E-state index contributed by atoms with van der Waals surface area (Å²) in [4.78, 5) is 15.2. The van der Waals surface area contributed by atoms with Gasteiger partial charge in [-0.05, 0) is 37.3 Å². The molecule has 0 radical (unpaired) electrons. The maximum absolute atomic E-state index is 11.2. The lowest BCUT2D eigenvalue weighted by atomic mass is 10.0. The molecule has 0 saturated carbocycles. The Balaban J connectivity index is 2.56. The first-order chi connectivity index (χ1) is 5.79. The second-order valence-electron chi connectivity index (χ2n) is 3.23. The minimum Gasteiger partial charge on any atom is -0.294 e. The Morgan fingerprint density at radius 2 is 2.25 bits per heavy atom. The molecule has 0 fully saturated rings. The van der Waals surface area contributed by atoms with Crippen LogP contribution in [-0.4, -0.2) is 10.8 Å². The number of carbonyl (C=O) groups is 1. The van der Waals surface area contributed by atoms with Crippen LogP contribution < -0.4 is 0 Å². The van der Waals surface area contributed by atoms with Crippen LogP contribution in [0, 0.1) is 0 Å². The lowest BCUT2D eigenvalue weighted by molar-refractivity contribution is 0.101. The minimum atomic E-state index is 0.140. The summed E-state index contributed by atoms with van der Waals surface area (Å²) < 4.78 is 0. The van der Waals surface area contributed by atoms with Gasteiger partial charge in [0.05, 0.1) is 0 Å². The van der Waals surface area contributed by atoms with Crippen LogP contribution in [-0.2, 0) is 12.8 Å². The molecule has 1 aromatic heterocycles. The summed E-state index contributed by atoms with van der Waals surface area (Å²) >= 11 is 0. The van der Waals surface area contributed by atoms with Crippen LogP contribution in [0.1, 0.15) is 34.8 Å². The average molecular weight is 161 g/mol. The van der Waals surface area contributed by atoms with Gasteiger partial charge in [0.2, 0.25) is 0 Å². The molecule has 0 amide bonds. The first kappa shape index (κ1) is 7.47. The zero-order valence-electron chi connectivity index (χ0n) is 7.13. The molecule has 2 rings (SSSR count). The van der Waals surface area contributed by atoms with Gasteiger partial charge in [0.1, 0.15) is 0 Å². The average Bonchev–Trinajstić information content (AvgIpc) is 2.49. The normalized spacial score (nSPS) is 14.4. The number of rotatable bonds is 1. The van der Waals surface area contributed by atoms with Crippen molar-refractivity contribution in [1.29, 1.82) is 0 Å². The van der Waals surface area contributed by atoms with Gasteiger partial charge >= 0.3 is 0 Å². The molecule has 2 nitrogen and oxygen atoms in total. The number of ketones is 1. The monoisotopic (exact) mass is 161 g/mol. The third kappa shape index (κ3) is 1.04. The second-order valence-corrected chi connectivity index (χ2v) is 3.23. The summed E-state index contributed by atoms with van der Waals surface area (Å²) in [7, 11) is 0. The fraction of sp³-hybridized carbons (Fsp3) is 0.400. The molecule has 12 heavy (non-hydrogen) atoms. The molecule has 0 spiro atoms. The summed E-state index contributed by atoms with van der Waals surface area (Å²) in [6.07, 6.45) is 6.87. The van der Waals surface area contributed by atoms with Crippen LogP contribution in [0.2, 0.25) is 0 Å². The van der Waals surface area contributed by atoms with Crippen molar-refractivity contribution < 1.29 is 4.79 Å². The molecule has 0 saturated heterocycles. The van der Waals surface area contributed by atoms with E-state index in [0.29, 0.717) is 0 Å². The zero-order valence-corrected chi connectivity index (χ0v) is 7.13. The van der Waals surface area contributed by atoms with Gasteiger partial charge in [-0.1, -0.05) is 0 Å². The molecule has 1 aromatic rings. The molecule has 0 atom stereocenters. The number of aryl methyl sites for hydroxylation is 1. The lowest BCUT2D eigenvalue weighted by Gasteiger charge is -2.02. The van der Waals surface area contributed by atoms with Crippen LogP contribution in [0.15, 0.2) is 12.4 Å². The molecule has 0 bridgehead atoms. The highest BCUT2D eigenvalue weighted by atomic mass is 16.1. The standard InChI is InChI=1S/C10H11NO/c1-7(12)10-6-11-5-8-3-2-4-9(8)10/h5-6H,2-4H2,1H3. The second kappa shape index (κ2) is 2.70. The highest BCUT2D eigenvalue weighted by molar-refractivity contribution is 5.95. The molecular weight excluding hydrogens is 150 g/mol. The molecule has 2 heteroatoms. The third-order valence-electron chi connectivity index (χ3n) is 2.40. The van der Waals surface area contributed by atoms with E-state index in [-0.39, 0.29) is 5.78 Å². The van der Waals surface area contributed by atoms with Gasteiger partial charge in [-0.25, -0.2) is 0 Å². The van der Waals surface area contributed by atoms with Crippen molar-refractivity contribution in [3.05, 3.63) is 29.1 Å². The van der Waals surface area contributed by atoms with Crippen LogP contribution in [0.25, 0.3) is 0 Å². The minimum absolute atomic E-state index is 0.140. The number of hydrogen-bond acceptors (Lipinski definition) is 2. The van der Waals surface area contributed by atoms with E-state index < -0.39 is 0 Å². The number of hydrogen-bond donors (Lipinski definition) is 0. The predicted molar refractivity (Wildman–Crippen MR) is 46.3 cm³/mol. The Labute approximate surface area is 71.6 Å². The number of aromatic nitrogens is 1. The largest absolute Gasteiger partial charge is 0.294 e. The first-order valence-corrected chi connectivity index (χ1v) is 4.25. The predicted octanol–water partition coefficient (Wildman–Crippen LogP) is 1.77. The summed E-state index contributed by atoms with van der Waals surface area (Å²) in [6.45, 7) is 1.61. The lowest BCUT2D eigenvalue weighted by Crippen LogP contribution is -1.99. The third-order valence-corrected chi connectivity index (χ3v) is 2.40. The van der Waals surface area contributed by atoms with E-state index in [1.165, 1.54) is 17.5 Å². The van der Waals surface area contributed by atoms with Crippen LogP contribution in [0.5, 0.6) is 0 Å². The van der Waals surface area contributed by atoms with Crippen molar-refractivity contribution in [1.82, 2.24) is 4.98 Å². The smallest absolute Gasteiger partial charge is 0.161 e. The Kier molecular flexibility index (Phi) is 1.68. The molecule has 1 aliphatic carbocycles. The maximum Gasteiger partial charge on any atom is 0.161 e. The highest BCUT2D eigenvalue weighted by Crippen LogP contribution is 2.24. The molecule has 0 N–H and O–H groups in total. The molecule has 62 valence electrons. The summed E-state index contributed by atoms with van der Waals surface area (Å²) in [5.74, 6) is 0.140. The molecule has 0 unspecified atom stereocenters.